The molecule has 2 fully saturated rings. The van der Waals surface area contributed by atoms with E-state index in [1.807, 2.05) is 65.0 Å². The Morgan fingerprint density at radius 1 is 1.04 bits per heavy atom. The molecule has 300 valence electrons. The lowest BCUT2D eigenvalue weighted by molar-refractivity contribution is -0.147. The molecule has 1 aromatic rings. The molecular weight excluding hydrogens is 676 g/mol. The highest BCUT2D eigenvalue weighted by atomic mass is 16.5. The number of ether oxygens (including phenoxy) is 2. The van der Waals surface area contributed by atoms with Gasteiger partial charge in [-0.15, -0.1) is 0 Å². The van der Waals surface area contributed by atoms with Crippen LogP contribution in [0.5, 0.6) is 0 Å². The zero-order valence-electron chi connectivity index (χ0n) is 33.9. The molecule has 0 radical (unpaired) electrons. The molecule has 53 heavy (non-hydrogen) atoms. The Morgan fingerprint density at radius 3 is 2.28 bits per heavy atom. The lowest BCUT2D eigenvalue weighted by Crippen LogP contribution is -2.65. The van der Waals surface area contributed by atoms with Gasteiger partial charge in [0.2, 0.25) is 17.7 Å². The van der Waals surface area contributed by atoms with Crippen LogP contribution in [0.25, 0.3) is 0 Å². The first-order valence-corrected chi connectivity index (χ1v) is 19.5. The van der Waals surface area contributed by atoms with Gasteiger partial charge in [0, 0.05) is 47.4 Å². The second-order valence-corrected chi connectivity index (χ2v) is 16.0. The maximum absolute atomic E-state index is 14.3. The first-order chi connectivity index (χ1) is 25.1. The van der Waals surface area contributed by atoms with Gasteiger partial charge in [0.1, 0.15) is 6.04 Å². The van der Waals surface area contributed by atoms with Gasteiger partial charge in [0.15, 0.2) is 0 Å². The van der Waals surface area contributed by atoms with Crippen LogP contribution in [0.15, 0.2) is 30.3 Å². The summed E-state index contributed by atoms with van der Waals surface area (Å²) in [4.78, 5) is 60.7. The number of nitrogens with one attached hydrogen (secondary N) is 3. The first-order valence-electron chi connectivity index (χ1n) is 19.5. The lowest BCUT2D eigenvalue weighted by Gasteiger charge is -2.44. The van der Waals surface area contributed by atoms with Gasteiger partial charge in [0.25, 0.3) is 0 Å². The van der Waals surface area contributed by atoms with Crippen molar-refractivity contribution in [2.75, 3.05) is 54.1 Å². The van der Waals surface area contributed by atoms with Gasteiger partial charge in [-0.2, -0.15) is 0 Å². The normalized spacial score (nSPS) is 21.2. The monoisotopic (exact) mass is 745 g/mol. The summed E-state index contributed by atoms with van der Waals surface area (Å²) in [6.45, 7) is 16.0. The summed E-state index contributed by atoms with van der Waals surface area (Å²) in [5, 5.41) is 19.4. The van der Waals surface area contributed by atoms with Gasteiger partial charge >= 0.3 is 6.03 Å². The van der Waals surface area contributed by atoms with Crippen molar-refractivity contribution in [3.05, 3.63) is 35.9 Å². The number of carbonyl (C=O) groups is 4. The van der Waals surface area contributed by atoms with Gasteiger partial charge in [-0.05, 0) is 50.5 Å². The van der Waals surface area contributed by atoms with E-state index in [4.69, 9.17) is 9.47 Å². The molecule has 2 saturated heterocycles. The summed E-state index contributed by atoms with van der Waals surface area (Å²) in [5.74, 6) is -1.39. The number of hydrogen-bond donors (Lipinski definition) is 4. The van der Waals surface area contributed by atoms with Gasteiger partial charge < -0.3 is 45.2 Å². The third kappa shape index (κ3) is 11.4. The highest BCUT2D eigenvalue weighted by Gasteiger charge is 2.43. The van der Waals surface area contributed by atoms with Gasteiger partial charge in [-0.25, -0.2) is 4.79 Å². The first kappa shape index (κ1) is 44.1. The maximum Gasteiger partial charge on any atom is 0.318 e. The third-order valence-electron chi connectivity index (χ3n) is 11.4. The quantitative estimate of drug-likeness (QED) is 0.179. The smallest absolute Gasteiger partial charge is 0.318 e. The topological polar surface area (TPSA) is 153 Å². The second-order valence-electron chi connectivity index (χ2n) is 16.0. The number of nitrogens with zero attached hydrogens (tertiary/aromatic N) is 3. The van der Waals surface area contributed by atoms with Crippen LogP contribution in [-0.2, 0) is 30.3 Å². The molecule has 2 heterocycles. The SMILES string of the molecule is CC[C@H](C)[C@@H]([C@H](CC(=O)N1CCC[C@H]1[C@H](OC)[C@@H](C)C(=O)N[C@H](CO)Cc1ccccc1)OC)N(C)C(=O)[C@@H](NC(=O)N1CCNCC1(C)C)C(C)C. The fourth-order valence-electron chi connectivity index (χ4n) is 8.00. The van der Waals surface area contributed by atoms with Crippen molar-refractivity contribution in [2.45, 2.75) is 122 Å². The Kier molecular flexibility index (Phi) is 17.0. The average molecular weight is 745 g/mol. The minimum absolute atomic E-state index is 0.0162. The summed E-state index contributed by atoms with van der Waals surface area (Å²) >= 11 is 0. The minimum Gasteiger partial charge on any atom is -0.394 e. The number of aliphatic hydroxyl groups is 1. The molecule has 8 atom stereocenters. The van der Waals surface area contributed by atoms with Crippen LogP contribution in [0.4, 0.5) is 4.79 Å². The van der Waals surface area contributed by atoms with Crippen LogP contribution < -0.4 is 16.0 Å². The third-order valence-corrected chi connectivity index (χ3v) is 11.4. The number of aliphatic hydroxyl groups excluding tert-OH is 1. The molecule has 0 unspecified atom stereocenters. The Labute approximate surface area is 317 Å². The van der Waals surface area contributed by atoms with Crippen molar-refractivity contribution in [2.24, 2.45) is 17.8 Å². The van der Waals surface area contributed by atoms with E-state index in [2.05, 4.69) is 22.9 Å². The molecule has 0 bridgehead atoms. The van der Waals surface area contributed by atoms with Crippen LogP contribution in [0.1, 0.15) is 79.7 Å². The van der Waals surface area contributed by atoms with Crippen LogP contribution in [0, 0.1) is 17.8 Å². The molecule has 0 spiro atoms. The minimum atomic E-state index is -0.769. The second kappa shape index (κ2) is 20.4. The molecule has 5 amide bonds. The van der Waals surface area contributed by atoms with Crippen LogP contribution in [-0.4, -0.2) is 140 Å². The zero-order valence-corrected chi connectivity index (χ0v) is 33.9. The largest absolute Gasteiger partial charge is 0.394 e. The maximum atomic E-state index is 14.3. The number of amides is 5. The van der Waals surface area contributed by atoms with Crippen LogP contribution in [0.3, 0.4) is 0 Å². The van der Waals surface area contributed by atoms with Crippen molar-refractivity contribution >= 4 is 23.8 Å². The number of rotatable bonds is 18. The molecule has 0 aliphatic carbocycles. The average Bonchev–Trinajstić information content (AvgIpc) is 3.62. The molecule has 13 heteroatoms. The molecule has 3 rings (SSSR count). The fourth-order valence-corrected chi connectivity index (χ4v) is 8.00. The van der Waals surface area contributed by atoms with Crippen molar-refractivity contribution in [1.29, 1.82) is 0 Å². The molecular formula is C40H68N6O7. The number of likely N-dealkylation sites (N-methyl/N-ethyl adjacent to an activating group) is 1. The van der Waals surface area contributed by atoms with E-state index in [9.17, 15) is 24.3 Å². The van der Waals surface area contributed by atoms with E-state index >= 15 is 0 Å². The van der Waals surface area contributed by atoms with Crippen molar-refractivity contribution in [1.82, 2.24) is 30.7 Å². The number of methoxy groups -OCH3 is 2. The zero-order chi connectivity index (χ0) is 39.5. The Balaban J connectivity index is 1.75. The van der Waals surface area contributed by atoms with Crippen LogP contribution in [0.2, 0.25) is 0 Å². The predicted octanol–water partition coefficient (Wildman–Crippen LogP) is 3.04. The van der Waals surface area contributed by atoms with Crippen molar-refractivity contribution in [3.63, 3.8) is 0 Å². The van der Waals surface area contributed by atoms with Gasteiger partial charge in [0.05, 0.1) is 54.8 Å². The van der Waals surface area contributed by atoms with E-state index < -0.39 is 41.8 Å². The predicted molar refractivity (Wildman–Crippen MR) is 206 cm³/mol. The van der Waals surface area contributed by atoms with Gasteiger partial charge in [-0.1, -0.05) is 71.4 Å². The van der Waals surface area contributed by atoms with E-state index in [0.29, 0.717) is 39.0 Å². The molecule has 2 aliphatic rings. The molecule has 4 N–H and O–H groups in total. The number of likely N-dealkylation sites (tertiary alicyclic amines) is 1. The summed E-state index contributed by atoms with van der Waals surface area (Å²) in [6.07, 6.45) is 1.54. The number of carbonyl (C=O) groups excluding carboxylic acids is 4. The van der Waals surface area contributed by atoms with E-state index in [-0.39, 0.29) is 54.7 Å². The highest BCUT2D eigenvalue weighted by Crippen LogP contribution is 2.30. The van der Waals surface area contributed by atoms with Crippen molar-refractivity contribution < 1.29 is 33.8 Å². The summed E-state index contributed by atoms with van der Waals surface area (Å²) < 4.78 is 12.0. The standard InChI is InChI=1S/C40H68N6O7/c1-11-27(4)35(44(8)38(50)34(26(2)3)43-39(51)46-21-19-41-25-40(46,6)7)32(52-9)23-33(48)45-20-15-18-31(45)36(53-10)28(5)37(49)42-30(24-47)22-29-16-13-12-14-17-29/h12-14,16-17,26-28,30-32,34-36,41,47H,11,15,18-25H2,1-10H3,(H,42,49)(H,43,51)/t27-,28+,30-,31-,32-,34-,35-,36+/m0/s1. The Hall–Kier alpha value is -3.26. The summed E-state index contributed by atoms with van der Waals surface area (Å²) in [7, 11) is 4.87. The van der Waals surface area contributed by atoms with Gasteiger partial charge in [-0.3, -0.25) is 14.4 Å². The lowest BCUT2D eigenvalue weighted by atomic mass is 9.89. The molecule has 2 aliphatic heterocycles. The number of hydrogen-bond acceptors (Lipinski definition) is 8. The number of benzene rings is 1. The molecule has 13 nitrogen and oxygen atoms in total. The van der Waals surface area contributed by atoms with E-state index in [0.717, 1.165) is 18.4 Å². The fraction of sp³-hybridized carbons (Fsp3) is 0.750. The Morgan fingerprint density at radius 2 is 1.72 bits per heavy atom. The molecule has 0 saturated carbocycles. The van der Waals surface area contributed by atoms with Crippen molar-refractivity contribution in [3.8, 4) is 0 Å². The summed E-state index contributed by atoms with van der Waals surface area (Å²) in [5.41, 5.74) is 0.607. The van der Waals surface area contributed by atoms with E-state index in [1.165, 1.54) is 0 Å². The van der Waals surface area contributed by atoms with Crippen LogP contribution >= 0.6 is 0 Å². The molecule has 1 aromatic carbocycles. The van der Waals surface area contributed by atoms with E-state index in [1.54, 1.807) is 42.9 Å². The molecule has 0 aromatic heterocycles. The summed E-state index contributed by atoms with van der Waals surface area (Å²) in [6, 6.07) is 7.42. The number of urea groups is 1. The highest BCUT2D eigenvalue weighted by molar-refractivity contribution is 5.88. The number of piperazine rings is 1. The Bertz CT molecular complexity index is 1330.